The number of carbonyl (C=O) groups excluding carboxylic acids is 1. The molecule has 2 aliphatic rings. The number of para-hydroxylation sites is 1. The molecule has 3 rings (SSSR count). The van der Waals surface area contributed by atoms with Crippen LogP contribution in [0.1, 0.15) is 16.8 Å². The molecule has 0 bridgehead atoms. The van der Waals surface area contributed by atoms with Crippen molar-refractivity contribution in [3.8, 4) is 0 Å². The van der Waals surface area contributed by atoms with Gasteiger partial charge in [-0.3, -0.25) is 9.69 Å². The molecular formula is C17H25N3O3. The second-order valence-corrected chi connectivity index (χ2v) is 6.31. The van der Waals surface area contributed by atoms with Crippen molar-refractivity contribution >= 4 is 11.6 Å². The Bertz CT molecular complexity index is 546. The fraction of sp³-hybridized carbons (Fsp3) is 0.588. The van der Waals surface area contributed by atoms with E-state index in [1.165, 1.54) is 0 Å². The largest absolute Gasteiger partial charge is 0.392 e. The van der Waals surface area contributed by atoms with Crippen LogP contribution in [0.4, 0.5) is 5.69 Å². The fourth-order valence-corrected chi connectivity index (χ4v) is 3.34. The highest BCUT2D eigenvalue weighted by molar-refractivity contribution is 5.99. The van der Waals surface area contributed by atoms with E-state index in [1.807, 2.05) is 31.3 Å². The quantitative estimate of drug-likeness (QED) is 0.837. The molecule has 1 aromatic rings. The Labute approximate surface area is 137 Å². The summed E-state index contributed by atoms with van der Waals surface area (Å²) in [6.07, 6.45) is 0.421. The molecular weight excluding hydrogens is 294 g/mol. The van der Waals surface area contributed by atoms with Crippen molar-refractivity contribution in [3.05, 3.63) is 29.8 Å². The van der Waals surface area contributed by atoms with Crippen LogP contribution < -0.4 is 10.2 Å². The first-order valence-electron chi connectivity index (χ1n) is 8.23. The number of anilines is 1. The predicted molar refractivity (Wildman–Crippen MR) is 88.8 cm³/mol. The van der Waals surface area contributed by atoms with Crippen LogP contribution in [0.3, 0.4) is 0 Å². The van der Waals surface area contributed by atoms with Crippen LogP contribution in [0.15, 0.2) is 24.3 Å². The molecule has 6 nitrogen and oxygen atoms in total. The zero-order valence-electron chi connectivity index (χ0n) is 13.6. The molecule has 2 fully saturated rings. The molecule has 1 amide bonds. The van der Waals surface area contributed by atoms with Crippen molar-refractivity contribution < 1.29 is 14.6 Å². The topological polar surface area (TPSA) is 65.0 Å². The molecule has 2 atom stereocenters. The van der Waals surface area contributed by atoms with Crippen molar-refractivity contribution in [2.24, 2.45) is 0 Å². The Morgan fingerprint density at radius 3 is 2.78 bits per heavy atom. The van der Waals surface area contributed by atoms with Gasteiger partial charge in [-0.15, -0.1) is 0 Å². The zero-order chi connectivity index (χ0) is 16.2. The maximum atomic E-state index is 12.6. The average molecular weight is 319 g/mol. The molecule has 0 saturated carbocycles. The van der Waals surface area contributed by atoms with Crippen LogP contribution in [-0.4, -0.2) is 74.5 Å². The van der Waals surface area contributed by atoms with Gasteiger partial charge in [-0.2, -0.15) is 0 Å². The van der Waals surface area contributed by atoms with Crippen molar-refractivity contribution in [3.63, 3.8) is 0 Å². The van der Waals surface area contributed by atoms with E-state index >= 15 is 0 Å². The van der Waals surface area contributed by atoms with Crippen LogP contribution in [0.5, 0.6) is 0 Å². The van der Waals surface area contributed by atoms with Crippen LogP contribution in [0.25, 0.3) is 0 Å². The Hall–Kier alpha value is -1.63. The molecule has 0 aliphatic carbocycles. The molecule has 23 heavy (non-hydrogen) atoms. The summed E-state index contributed by atoms with van der Waals surface area (Å²) in [5.41, 5.74) is 1.67. The number of hydrogen-bond donors (Lipinski definition) is 2. The van der Waals surface area contributed by atoms with Gasteiger partial charge in [0.25, 0.3) is 5.91 Å². The summed E-state index contributed by atoms with van der Waals surface area (Å²) in [6, 6.07) is 7.91. The first kappa shape index (κ1) is 16.2. The number of morpholine rings is 1. The number of likely N-dealkylation sites (N-methyl/N-ethyl adjacent to an activating group) is 1. The van der Waals surface area contributed by atoms with Gasteiger partial charge in [0.15, 0.2) is 0 Å². The monoisotopic (exact) mass is 319 g/mol. The molecule has 0 spiro atoms. The number of nitrogens with one attached hydrogen (secondary N) is 1. The van der Waals surface area contributed by atoms with Crippen LogP contribution >= 0.6 is 0 Å². The maximum absolute atomic E-state index is 12.6. The predicted octanol–water partition coefficient (Wildman–Crippen LogP) is 0.318. The van der Waals surface area contributed by atoms with Gasteiger partial charge in [-0.1, -0.05) is 12.1 Å². The lowest BCUT2D eigenvalue weighted by Crippen LogP contribution is -2.40. The molecule has 1 aromatic carbocycles. The van der Waals surface area contributed by atoms with E-state index in [-0.39, 0.29) is 18.1 Å². The standard InChI is InChI=1S/C17H25N3O3/c1-19-12-14(21)10-13(19)11-18-17(22)15-4-2-3-5-16(15)20-6-8-23-9-7-20/h2-5,13-14,21H,6-12H2,1H3,(H,18,22)/t13-,14+/m0/s1. The second-order valence-electron chi connectivity index (χ2n) is 6.31. The number of amides is 1. The highest BCUT2D eigenvalue weighted by Crippen LogP contribution is 2.22. The lowest BCUT2D eigenvalue weighted by atomic mass is 10.1. The van der Waals surface area contributed by atoms with Gasteiger partial charge in [0, 0.05) is 37.9 Å². The van der Waals surface area contributed by atoms with Gasteiger partial charge >= 0.3 is 0 Å². The molecule has 6 heteroatoms. The summed E-state index contributed by atoms with van der Waals surface area (Å²) in [4.78, 5) is 16.9. The van der Waals surface area contributed by atoms with E-state index in [9.17, 15) is 9.90 Å². The minimum absolute atomic E-state index is 0.0538. The smallest absolute Gasteiger partial charge is 0.253 e. The lowest BCUT2D eigenvalue weighted by molar-refractivity contribution is 0.0942. The highest BCUT2D eigenvalue weighted by Gasteiger charge is 2.28. The van der Waals surface area contributed by atoms with Gasteiger partial charge in [0.2, 0.25) is 0 Å². The third kappa shape index (κ3) is 3.83. The summed E-state index contributed by atoms with van der Waals surface area (Å²) in [5, 5.41) is 12.7. The van der Waals surface area contributed by atoms with Crippen LogP contribution in [0, 0.1) is 0 Å². The summed E-state index contributed by atoms with van der Waals surface area (Å²) in [6.45, 7) is 4.24. The number of aliphatic hydroxyl groups is 1. The normalized spacial score (nSPS) is 25.6. The number of likely N-dealkylation sites (tertiary alicyclic amines) is 1. The number of hydrogen-bond acceptors (Lipinski definition) is 5. The van der Waals surface area contributed by atoms with Crippen molar-refractivity contribution in [2.75, 3.05) is 51.3 Å². The second kappa shape index (κ2) is 7.29. The fourth-order valence-electron chi connectivity index (χ4n) is 3.34. The number of nitrogens with zero attached hydrogens (tertiary/aromatic N) is 2. The van der Waals surface area contributed by atoms with E-state index in [0.29, 0.717) is 38.3 Å². The summed E-state index contributed by atoms with van der Waals surface area (Å²) in [7, 11) is 1.98. The van der Waals surface area contributed by atoms with E-state index in [4.69, 9.17) is 4.74 Å². The van der Waals surface area contributed by atoms with Gasteiger partial charge in [0.05, 0.1) is 24.9 Å². The van der Waals surface area contributed by atoms with E-state index in [0.717, 1.165) is 18.8 Å². The number of aliphatic hydroxyl groups excluding tert-OH is 1. The van der Waals surface area contributed by atoms with Crippen molar-refractivity contribution in [1.29, 1.82) is 0 Å². The van der Waals surface area contributed by atoms with Crippen LogP contribution in [0.2, 0.25) is 0 Å². The van der Waals surface area contributed by atoms with Gasteiger partial charge in [-0.25, -0.2) is 0 Å². The molecule has 2 saturated heterocycles. The first-order valence-corrected chi connectivity index (χ1v) is 8.23. The summed E-state index contributed by atoms with van der Waals surface area (Å²) in [5.74, 6) is -0.0538. The van der Waals surface area contributed by atoms with Crippen molar-refractivity contribution in [1.82, 2.24) is 10.2 Å². The van der Waals surface area contributed by atoms with Gasteiger partial charge in [-0.05, 0) is 25.6 Å². The molecule has 126 valence electrons. The number of β-amino-alcohol motifs (C(OH)–C–C–N with tert-alkyl or cyclic N) is 1. The maximum Gasteiger partial charge on any atom is 0.253 e. The van der Waals surface area contributed by atoms with Crippen molar-refractivity contribution in [2.45, 2.75) is 18.6 Å². The molecule has 0 radical (unpaired) electrons. The number of ether oxygens (including phenoxy) is 1. The zero-order valence-corrected chi connectivity index (χ0v) is 13.6. The third-order valence-corrected chi connectivity index (χ3v) is 4.66. The molecule has 0 unspecified atom stereocenters. The number of benzene rings is 1. The number of carbonyl (C=O) groups is 1. The van der Waals surface area contributed by atoms with E-state index in [1.54, 1.807) is 0 Å². The molecule has 2 heterocycles. The van der Waals surface area contributed by atoms with E-state index < -0.39 is 0 Å². The Kier molecular flexibility index (Phi) is 5.15. The third-order valence-electron chi connectivity index (χ3n) is 4.66. The molecule has 2 aliphatic heterocycles. The SMILES string of the molecule is CN1C[C@H](O)C[C@H]1CNC(=O)c1ccccc1N1CCOCC1. The Balaban J connectivity index is 1.65. The molecule has 2 N–H and O–H groups in total. The number of rotatable bonds is 4. The van der Waals surface area contributed by atoms with E-state index in [2.05, 4.69) is 15.1 Å². The minimum Gasteiger partial charge on any atom is -0.392 e. The van der Waals surface area contributed by atoms with Gasteiger partial charge < -0.3 is 20.1 Å². The lowest BCUT2D eigenvalue weighted by Gasteiger charge is -2.30. The summed E-state index contributed by atoms with van der Waals surface area (Å²) < 4.78 is 5.39. The Morgan fingerprint density at radius 2 is 2.09 bits per heavy atom. The summed E-state index contributed by atoms with van der Waals surface area (Å²) >= 11 is 0. The Morgan fingerprint density at radius 1 is 1.35 bits per heavy atom. The molecule has 0 aromatic heterocycles. The first-order chi connectivity index (χ1) is 11.1. The minimum atomic E-state index is -0.289. The van der Waals surface area contributed by atoms with Gasteiger partial charge in [0.1, 0.15) is 0 Å². The average Bonchev–Trinajstić information content (AvgIpc) is 2.91. The van der Waals surface area contributed by atoms with Crippen LogP contribution in [-0.2, 0) is 4.74 Å². The highest BCUT2D eigenvalue weighted by atomic mass is 16.5.